The molecule has 0 radical (unpaired) electrons. The molecule has 2 aliphatic rings. The molecule has 1 nitrogen and oxygen atoms in total. The second-order valence-corrected chi connectivity index (χ2v) is 7.13. The fourth-order valence-electron chi connectivity index (χ4n) is 4.31. The van der Waals surface area contributed by atoms with Gasteiger partial charge < -0.3 is 5.11 Å². The maximum Gasteiger partial charge on any atom is 0.0644 e. The lowest BCUT2D eigenvalue weighted by atomic mass is 9.54. The molecular weight excluding hydrogens is 220 g/mol. The van der Waals surface area contributed by atoms with Crippen molar-refractivity contribution in [3.8, 4) is 0 Å². The lowest BCUT2D eigenvalue weighted by Crippen LogP contribution is -2.42. The van der Waals surface area contributed by atoms with Crippen molar-refractivity contribution in [2.75, 3.05) is 6.61 Å². The number of hydrogen-bond donors (Lipinski definition) is 1. The molecule has 1 heteroatoms. The quantitative estimate of drug-likeness (QED) is 0.712. The highest BCUT2D eigenvalue weighted by atomic mass is 16.3. The molecule has 0 bridgehead atoms. The molecule has 0 aliphatic heterocycles. The van der Waals surface area contributed by atoms with Crippen LogP contribution in [0.5, 0.6) is 0 Å². The number of allylic oxidation sites excluding steroid dienone is 1. The first kappa shape index (κ1) is 14.1. The summed E-state index contributed by atoms with van der Waals surface area (Å²) in [6, 6.07) is 0. The molecule has 0 aromatic heterocycles. The van der Waals surface area contributed by atoms with Crippen molar-refractivity contribution in [2.45, 2.75) is 66.2 Å². The third kappa shape index (κ3) is 2.39. The van der Waals surface area contributed by atoms with Gasteiger partial charge in [-0.2, -0.15) is 0 Å². The summed E-state index contributed by atoms with van der Waals surface area (Å²) in [7, 11) is 0. The Morgan fingerprint density at radius 3 is 2.61 bits per heavy atom. The lowest BCUT2D eigenvalue weighted by Gasteiger charge is -2.51. The summed E-state index contributed by atoms with van der Waals surface area (Å²) in [5.74, 6) is 2.63. The second-order valence-electron chi connectivity index (χ2n) is 7.13. The van der Waals surface area contributed by atoms with Crippen LogP contribution in [0.25, 0.3) is 0 Å². The largest absolute Gasteiger partial charge is 0.392 e. The van der Waals surface area contributed by atoms with E-state index in [1.54, 1.807) is 5.57 Å². The predicted molar refractivity (Wildman–Crippen MR) is 77.4 cm³/mol. The highest BCUT2D eigenvalue weighted by Crippen LogP contribution is 2.54. The summed E-state index contributed by atoms with van der Waals surface area (Å²) in [6.45, 7) is 9.84. The zero-order valence-corrected chi connectivity index (χ0v) is 12.6. The van der Waals surface area contributed by atoms with E-state index in [-0.39, 0.29) is 6.61 Å². The minimum Gasteiger partial charge on any atom is -0.392 e. The van der Waals surface area contributed by atoms with Gasteiger partial charge in [-0.1, -0.05) is 33.3 Å². The minimum atomic E-state index is 0.277. The molecular formula is C17H30O. The van der Waals surface area contributed by atoms with Crippen LogP contribution in [0.2, 0.25) is 0 Å². The van der Waals surface area contributed by atoms with Crippen molar-refractivity contribution in [1.82, 2.24) is 0 Å². The predicted octanol–water partition coefficient (Wildman–Crippen LogP) is 4.56. The van der Waals surface area contributed by atoms with Gasteiger partial charge in [0, 0.05) is 0 Å². The zero-order valence-electron chi connectivity index (χ0n) is 12.6. The van der Waals surface area contributed by atoms with Gasteiger partial charge >= 0.3 is 0 Å². The fraction of sp³-hybridized carbons (Fsp3) is 0.882. The van der Waals surface area contributed by atoms with Crippen LogP contribution >= 0.6 is 0 Å². The number of aliphatic hydroxyl groups excluding tert-OH is 1. The Morgan fingerprint density at radius 1 is 1.28 bits per heavy atom. The number of aliphatic hydroxyl groups is 1. The molecule has 0 heterocycles. The number of rotatable bonds is 2. The Morgan fingerprint density at radius 2 is 2.00 bits per heavy atom. The van der Waals surface area contributed by atoms with Crippen LogP contribution in [0, 0.1) is 23.2 Å². The van der Waals surface area contributed by atoms with Gasteiger partial charge in [-0.15, -0.1) is 0 Å². The van der Waals surface area contributed by atoms with Gasteiger partial charge in [0.2, 0.25) is 0 Å². The van der Waals surface area contributed by atoms with Gasteiger partial charge in [0.25, 0.3) is 0 Å². The van der Waals surface area contributed by atoms with Crippen molar-refractivity contribution < 1.29 is 5.11 Å². The molecule has 0 aromatic carbocycles. The van der Waals surface area contributed by atoms with Crippen molar-refractivity contribution in [2.24, 2.45) is 23.2 Å². The number of hydrogen-bond acceptors (Lipinski definition) is 1. The highest BCUT2D eigenvalue weighted by molar-refractivity contribution is 5.19. The molecule has 2 aliphatic carbocycles. The first-order valence-electron chi connectivity index (χ1n) is 7.81. The Hall–Kier alpha value is -0.300. The molecule has 2 fully saturated rings. The molecule has 3 atom stereocenters. The van der Waals surface area contributed by atoms with Gasteiger partial charge in [0.15, 0.2) is 0 Å². The molecule has 0 spiro atoms. The zero-order chi connectivity index (χ0) is 13.3. The van der Waals surface area contributed by atoms with Crippen LogP contribution in [0.15, 0.2) is 11.1 Å². The smallest absolute Gasteiger partial charge is 0.0644 e. The van der Waals surface area contributed by atoms with E-state index in [1.165, 1.54) is 37.7 Å². The van der Waals surface area contributed by atoms with Gasteiger partial charge in [0.1, 0.15) is 0 Å². The SMILES string of the molecule is CC/C(CO)=C1/CC[C@H]2CC[C@H](C)C(C)(C)[C@@H]2C1. The fourth-order valence-corrected chi connectivity index (χ4v) is 4.31. The molecule has 2 saturated carbocycles. The second kappa shape index (κ2) is 5.36. The third-order valence-corrected chi connectivity index (χ3v) is 6.17. The highest BCUT2D eigenvalue weighted by Gasteiger charge is 2.44. The Bertz CT molecular complexity index is 321. The molecule has 0 unspecified atom stereocenters. The molecule has 104 valence electrons. The molecule has 0 saturated heterocycles. The monoisotopic (exact) mass is 250 g/mol. The van der Waals surface area contributed by atoms with Crippen molar-refractivity contribution in [3.63, 3.8) is 0 Å². The van der Waals surface area contributed by atoms with Crippen LogP contribution in [0.3, 0.4) is 0 Å². The van der Waals surface area contributed by atoms with Gasteiger partial charge in [0.05, 0.1) is 6.61 Å². The van der Waals surface area contributed by atoms with E-state index in [1.807, 2.05) is 0 Å². The summed E-state index contributed by atoms with van der Waals surface area (Å²) >= 11 is 0. The Labute approximate surface area is 113 Å². The van der Waals surface area contributed by atoms with E-state index >= 15 is 0 Å². The maximum absolute atomic E-state index is 9.50. The van der Waals surface area contributed by atoms with Crippen LogP contribution < -0.4 is 0 Å². The maximum atomic E-state index is 9.50. The normalized spacial score (nSPS) is 38.2. The van der Waals surface area contributed by atoms with Gasteiger partial charge in [-0.3, -0.25) is 0 Å². The molecule has 0 amide bonds. The van der Waals surface area contributed by atoms with E-state index in [2.05, 4.69) is 27.7 Å². The topological polar surface area (TPSA) is 20.2 Å². The molecule has 2 rings (SSSR count). The summed E-state index contributed by atoms with van der Waals surface area (Å²) in [5.41, 5.74) is 3.38. The lowest BCUT2D eigenvalue weighted by molar-refractivity contribution is 0.00682. The summed E-state index contributed by atoms with van der Waals surface area (Å²) in [4.78, 5) is 0. The van der Waals surface area contributed by atoms with Crippen molar-refractivity contribution in [3.05, 3.63) is 11.1 Å². The minimum absolute atomic E-state index is 0.277. The van der Waals surface area contributed by atoms with Gasteiger partial charge in [-0.25, -0.2) is 0 Å². The Balaban J connectivity index is 2.21. The third-order valence-electron chi connectivity index (χ3n) is 6.17. The van der Waals surface area contributed by atoms with Crippen molar-refractivity contribution >= 4 is 0 Å². The van der Waals surface area contributed by atoms with Crippen LogP contribution in [0.1, 0.15) is 66.2 Å². The van der Waals surface area contributed by atoms with E-state index in [0.717, 1.165) is 24.2 Å². The number of fused-ring (bicyclic) bond motifs is 1. The van der Waals surface area contributed by atoms with Crippen molar-refractivity contribution in [1.29, 1.82) is 0 Å². The molecule has 1 N–H and O–H groups in total. The molecule has 0 aromatic rings. The van der Waals surface area contributed by atoms with E-state index in [0.29, 0.717) is 5.41 Å². The van der Waals surface area contributed by atoms with E-state index < -0.39 is 0 Å². The van der Waals surface area contributed by atoms with Gasteiger partial charge in [-0.05, 0) is 67.3 Å². The van der Waals surface area contributed by atoms with Crippen LogP contribution in [-0.4, -0.2) is 11.7 Å². The van der Waals surface area contributed by atoms with E-state index in [4.69, 9.17) is 0 Å². The first-order valence-corrected chi connectivity index (χ1v) is 7.81. The standard InChI is InChI=1S/C17H30O/c1-5-13(11-18)15-9-8-14-7-6-12(2)17(3,4)16(14)10-15/h12,14,16,18H,5-11H2,1-4H3/b15-13+/t12-,14+,16+/m0/s1. The van der Waals surface area contributed by atoms with Crippen LogP contribution in [0.4, 0.5) is 0 Å². The summed E-state index contributed by atoms with van der Waals surface area (Å²) < 4.78 is 0. The molecule has 18 heavy (non-hydrogen) atoms. The average molecular weight is 250 g/mol. The Kier molecular flexibility index (Phi) is 4.21. The average Bonchev–Trinajstić information content (AvgIpc) is 2.36. The van der Waals surface area contributed by atoms with Crippen LogP contribution in [-0.2, 0) is 0 Å². The summed E-state index contributed by atoms with van der Waals surface area (Å²) in [5, 5.41) is 9.50. The summed E-state index contributed by atoms with van der Waals surface area (Å²) in [6.07, 6.45) is 7.73. The first-order chi connectivity index (χ1) is 8.50. The van der Waals surface area contributed by atoms with E-state index in [9.17, 15) is 5.11 Å².